The second kappa shape index (κ2) is 14.1. The molecule has 11 heteroatoms. The fourth-order valence-corrected chi connectivity index (χ4v) is 4.49. The highest BCUT2D eigenvalue weighted by molar-refractivity contribution is 5.93. The minimum atomic E-state index is -1.04. The van der Waals surface area contributed by atoms with Crippen LogP contribution < -0.4 is 20.8 Å². The van der Waals surface area contributed by atoms with E-state index < -0.39 is 54.0 Å². The monoisotopic (exact) mass is 568 g/mol. The number of hydrazine groups is 1. The van der Waals surface area contributed by atoms with Gasteiger partial charge in [-0.05, 0) is 74.4 Å². The summed E-state index contributed by atoms with van der Waals surface area (Å²) in [5, 5.41) is 25.7. The van der Waals surface area contributed by atoms with Gasteiger partial charge in [0.15, 0.2) is 6.10 Å². The van der Waals surface area contributed by atoms with Crippen molar-refractivity contribution in [2.45, 2.75) is 77.8 Å². The van der Waals surface area contributed by atoms with E-state index in [2.05, 4.69) is 16.1 Å². The molecule has 1 unspecified atom stereocenters. The molecule has 0 aromatic heterocycles. The molecule has 1 aliphatic rings. The number of nitrogens with zero attached hydrogens (tertiary/aromatic N) is 1. The van der Waals surface area contributed by atoms with Crippen LogP contribution in [0.5, 0.6) is 5.75 Å². The van der Waals surface area contributed by atoms with Crippen LogP contribution in [-0.4, -0.2) is 69.7 Å². The molecule has 0 aliphatic carbocycles. The van der Waals surface area contributed by atoms with Gasteiger partial charge in [0, 0.05) is 6.54 Å². The third-order valence-electron chi connectivity index (χ3n) is 6.97. The molecular formula is C30H40N4O7. The maximum Gasteiger partial charge on any atom is 0.322 e. The molecule has 2 aromatic carbocycles. The number of aliphatic hydroxyl groups excluding tert-OH is 1. The van der Waals surface area contributed by atoms with Crippen molar-refractivity contribution in [3.8, 4) is 16.9 Å². The van der Waals surface area contributed by atoms with Gasteiger partial charge >= 0.3 is 5.97 Å². The zero-order valence-corrected chi connectivity index (χ0v) is 24.1. The second-order valence-corrected chi connectivity index (χ2v) is 10.7. The number of rotatable bonds is 11. The summed E-state index contributed by atoms with van der Waals surface area (Å²) < 4.78 is 5.82. The van der Waals surface area contributed by atoms with Gasteiger partial charge in [-0.2, -0.15) is 0 Å². The summed E-state index contributed by atoms with van der Waals surface area (Å²) in [6, 6.07) is 12.1. The normalized spacial score (nSPS) is 18.1. The van der Waals surface area contributed by atoms with E-state index in [0.29, 0.717) is 25.1 Å². The van der Waals surface area contributed by atoms with Crippen molar-refractivity contribution in [2.75, 3.05) is 6.54 Å². The van der Waals surface area contributed by atoms with Crippen LogP contribution >= 0.6 is 0 Å². The molecule has 222 valence electrons. The first-order valence-electron chi connectivity index (χ1n) is 13.8. The minimum absolute atomic E-state index is 0.283. The van der Waals surface area contributed by atoms with Crippen molar-refractivity contribution in [3.63, 3.8) is 0 Å². The molecule has 11 nitrogen and oxygen atoms in total. The van der Waals surface area contributed by atoms with Gasteiger partial charge in [0.1, 0.15) is 23.9 Å². The lowest BCUT2D eigenvalue weighted by Gasteiger charge is -2.34. The number of carboxylic acid groups (broad SMARTS) is 1. The van der Waals surface area contributed by atoms with Gasteiger partial charge in [0.2, 0.25) is 5.91 Å². The van der Waals surface area contributed by atoms with E-state index in [9.17, 15) is 29.4 Å². The molecule has 0 saturated carbocycles. The van der Waals surface area contributed by atoms with Crippen LogP contribution in [0.1, 0.15) is 59.1 Å². The van der Waals surface area contributed by atoms with Gasteiger partial charge in [0.25, 0.3) is 11.8 Å². The van der Waals surface area contributed by atoms with Gasteiger partial charge in [-0.1, -0.05) is 44.2 Å². The lowest BCUT2D eigenvalue weighted by atomic mass is 10.0. The van der Waals surface area contributed by atoms with Crippen molar-refractivity contribution in [3.05, 3.63) is 54.1 Å². The number of carbonyl (C=O) groups is 4. The highest BCUT2D eigenvalue weighted by Gasteiger charge is 2.33. The highest BCUT2D eigenvalue weighted by atomic mass is 16.5. The maximum atomic E-state index is 13.0. The summed E-state index contributed by atoms with van der Waals surface area (Å²) in [6.45, 7) is 8.69. The van der Waals surface area contributed by atoms with E-state index in [1.54, 1.807) is 39.8 Å². The highest BCUT2D eigenvalue weighted by Crippen LogP contribution is 2.25. The second-order valence-electron chi connectivity index (χ2n) is 10.7. The van der Waals surface area contributed by atoms with E-state index in [0.717, 1.165) is 16.7 Å². The van der Waals surface area contributed by atoms with Gasteiger partial charge in [-0.25, -0.2) is 5.43 Å². The molecule has 5 atom stereocenters. The zero-order valence-electron chi connectivity index (χ0n) is 24.1. The molecule has 1 heterocycles. The Labute approximate surface area is 240 Å². The van der Waals surface area contributed by atoms with Crippen LogP contribution in [0.2, 0.25) is 0 Å². The first-order valence-corrected chi connectivity index (χ1v) is 13.8. The van der Waals surface area contributed by atoms with Gasteiger partial charge in [-0.15, -0.1) is 0 Å². The van der Waals surface area contributed by atoms with Gasteiger partial charge in [0.05, 0.1) is 6.10 Å². The number of nitrogens with one attached hydrogen (secondary N) is 3. The largest absolute Gasteiger partial charge is 0.481 e. The number of carboxylic acids is 1. The van der Waals surface area contributed by atoms with E-state index in [4.69, 9.17) is 4.74 Å². The third-order valence-corrected chi connectivity index (χ3v) is 6.97. The maximum absolute atomic E-state index is 13.0. The minimum Gasteiger partial charge on any atom is -0.481 e. The van der Waals surface area contributed by atoms with E-state index in [-0.39, 0.29) is 5.92 Å². The molecule has 0 spiro atoms. The zero-order chi connectivity index (χ0) is 30.3. The van der Waals surface area contributed by atoms with E-state index in [1.165, 1.54) is 11.9 Å². The molecule has 41 heavy (non-hydrogen) atoms. The van der Waals surface area contributed by atoms with Crippen molar-refractivity contribution >= 4 is 23.7 Å². The molecule has 2 aromatic rings. The average molecular weight is 569 g/mol. The molecule has 1 fully saturated rings. The summed E-state index contributed by atoms with van der Waals surface area (Å²) in [4.78, 5) is 50.1. The average Bonchev–Trinajstić information content (AvgIpc) is 2.95. The Hall–Kier alpha value is -3.96. The van der Waals surface area contributed by atoms with Crippen LogP contribution in [0.25, 0.3) is 11.1 Å². The molecule has 1 aliphatic heterocycles. The lowest BCUT2D eigenvalue weighted by Crippen LogP contribution is -2.61. The van der Waals surface area contributed by atoms with Crippen molar-refractivity contribution in [1.29, 1.82) is 0 Å². The fraction of sp³-hybridized carbons (Fsp3) is 0.467. The molecule has 0 radical (unpaired) electrons. The number of benzene rings is 2. The summed E-state index contributed by atoms with van der Waals surface area (Å²) in [5.74, 6) is -2.34. The molecule has 3 rings (SSSR count). The van der Waals surface area contributed by atoms with Gasteiger partial charge in [-0.3, -0.25) is 24.2 Å². The molecule has 5 N–H and O–H groups in total. The Bertz CT molecular complexity index is 1230. The van der Waals surface area contributed by atoms with Crippen LogP contribution in [0.15, 0.2) is 48.5 Å². The van der Waals surface area contributed by atoms with Crippen LogP contribution in [-0.2, 0) is 19.2 Å². The van der Waals surface area contributed by atoms with Crippen LogP contribution in [0.3, 0.4) is 0 Å². The predicted octanol–water partition coefficient (Wildman–Crippen LogP) is 2.40. The number of hydrogen-bond acceptors (Lipinski definition) is 7. The Kier molecular flexibility index (Phi) is 10.8. The summed E-state index contributed by atoms with van der Waals surface area (Å²) >= 11 is 0. The number of amides is 3. The summed E-state index contributed by atoms with van der Waals surface area (Å²) in [6.07, 6.45) is -0.546. The number of carbonyl (C=O) groups excluding carboxylic acids is 3. The SMILES string of the molecule is CC(C)C(NC(=O)[C@H](C)Oc1ccc(-c2cccc([C@@H](C)O)c2)cc1)C(=O)N[C@@H](C)C(=O)N1CCC[C@@H](C(=O)O)N1. The molecule has 0 bridgehead atoms. The van der Waals surface area contributed by atoms with Crippen LogP contribution in [0, 0.1) is 5.92 Å². The first kappa shape index (κ1) is 31.6. The van der Waals surface area contributed by atoms with Crippen molar-refractivity contribution in [2.24, 2.45) is 5.92 Å². The fourth-order valence-electron chi connectivity index (χ4n) is 4.49. The lowest BCUT2D eigenvalue weighted by molar-refractivity contribution is -0.148. The Morgan fingerprint density at radius 1 is 0.951 bits per heavy atom. The number of ether oxygens (including phenoxy) is 1. The van der Waals surface area contributed by atoms with E-state index in [1.807, 2.05) is 36.4 Å². The topological polar surface area (TPSA) is 157 Å². The smallest absolute Gasteiger partial charge is 0.322 e. The first-order chi connectivity index (χ1) is 19.4. The molecule has 1 saturated heterocycles. The summed E-state index contributed by atoms with van der Waals surface area (Å²) in [7, 11) is 0. The Morgan fingerprint density at radius 2 is 1.63 bits per heavy atom. The number of aliphatic carboxylic acids is 1. The van der Waals surface area contributed by atoms with Crippen molar-refractivity contribution < 1.29 is 34.1 Å². The summed E-state index contributed by atoms with van der Waals surface area (Å²) in [5.41, 5.74) is 5.36. The Morgan fingerprint density at radius 3 is 2.24 bits per heavy atom. The van der Waals surface area contributed by atoms with E-state index >= 15 is 0 Å². The third kappa shape index (κ3) is 8.51. The van der Waals surface area contributed by atoms with Crippen LogP contribution in [0.4, 0.5) is 0 Å². The van der Waals surface area contributed by atoms with Gasteiger partial charge < -0.3 is 25.6 Å². The Balaban J connectivity index is 1.57. The predicted molar refractivity (Wildman–Crippen MR) is 152 cm³/mol. The standard InChI is InChI=1S/C30H40N4O7/c1-17(2)26(28(37)31-18(3)29(38)34-15-7-10-25(33-34)30(39)40)32-27(36)20(5)41-24-13-11-21(12-14-24)23-9-6-8-22(16-23)19(4)35/h6,8-9,11-14,16-20,25-26,33,35H,7,10,15H2,1-5H3,(H,31,37)(H,32,36)(H,39,40)/t18-,19+,20-,25-,26?/m0/s1. The van der Waals surface area contributed by atoms with Crippen molar-refractivity contribution in [1.82, 2.24) is 21.1 Å². The number of aliphatic hydroxyl groups is 1. The quantitative estimate of drug-likeness (QED) is 0.277. The number of hydrogen-bond donors (Lipinski definition) is 5. The molecule has 3 amide bonds. The molecular weight excluding hydrogens is 528 g/mol.